The predicted molar refractivity (Wildman–Crippen MR) is 95.3 cm³/mol. The van der Waals surface area contributed by atoms with Crippen molar-refractivity contribution in [3.63, 3.8) is 0 Å². The fraction of sp³-hybridized carbons (Fsp3) is 0.778. The van der Waals surface area contributed by atoms with Crippen LogP contribution in [-0.2, 0) is 4.79 Å². The fourth-order valence-corrected chi connectivity index (χ4v) is 5.28. The first-order valence-corrected chi connectivity index (χ1v) is 10.4. The average Bonchev–Trinajstić information content (AvgIpc) is 3.31. The third-order valence-electron chi connectivity index (χ3n) is 6.25. The first-order valence-electron chi connectivity index (χ1n) is 9.54. The molecule has 0 N–H and O–H groups in total. The molecular weight excluding hydrogens is 336 g/mol. The van der Waals surface area contributed by atoms with Crippen LogP contribution in [0.4, 0.5) is 0 Å². The van der Waals surface area contributed by atoms with E-state index in [2.05, 4.69) is 14.5 Å². The lowest BCUT2D eigenvalue weighted by atomic mass is 9.77. The third kappa shape index (κ3) is 3.30. The maximum atomic E-state index is 13.2. The maximum absolute atomic E-state index is 13.2. The van der Waals surface area contributed by atoms with Crippen LogP contribution < -0.4 is 0 Å². The normalized spacial score (nSPS) is 28.1. The van der Waals surface area contributed by atoms with Gasteiger partial charge in [-0.2, -0.15) is 0 Å². The van der Waals surface area contributed by atoms with Crippen molar-refractivity contribution in [3.8, 4) is 0 Å². The van der Waals surface area contributed by atoms with Crippen LogP contribution >= 0.6 is 11.5 Å². The van der Waals surface area contributed by atoms with E-state index < -0.39 is 0 Å². The molecule has 1 atom stereocenters. The summed E-state index contributed by atoms with van der Waals surface area (Å²) in [6.07, 6.45) is 9.23. The maximum Gasteiger partial charge on any atom is 0.275 e. The smallest absolute Gasteiger partial charge is 0.275 e. The lowest BCUT2D eigenvalue weighted by Gasteiger charge is -2.41. The number of hydrogen-bond acceptors (Lipinski definition) is 5. The Hall–Kier alpha value is -1.50. The van der Waals surface area contributed by atoms with Gasteiger partial charge in [0.2, 0.25) is 5.91 Å². The minimum atomic E-state index is -0.355. The van der Waals surface area contributed by atoms with Gasteiger partial charge in [0, 0.05) is 31.6 Å². The molecular formula is C18H26N4O2S. The number of amides is 2. The van der Waals surface area contributed by atoms with Gasteiger partial charge < -0.3 is 9.80 Å². The molecule has 6 nitrogen and oxygen atoms in total. The summed E-state index contributed by atoms with van der Waals surface area (Å²) in [5.74, 6) is 0.881. The van der Waals surface area contributed by atoms with Gasteiger partial charge in [0.05, 0.1) is 5.41 Å². The highest BCUT2D eigenvalue weighted by atomic mass is 32.1. The third-order valence-corrected chi connectivity index (χ3v) is 6.75. The molecule has 1 aromatic heterocycles. The van der Waals surface area contributed by atoms with Crippen molar-refractivity contribution >= 4 is 23.3 Å². The SMILES string of the molecule is O=C(c1csnn1)N1CC[C@@]2(CCCN(CC3CCCCC3)C2=O)C1. The molecule has 0 unspecified atom stereocenters. The van der Waals surface area contributed by atoms with E-state index in [9.17, 15) is 9.59 Å². The van der Waals surface area contributed by atoms with Gasteiger partial charge in [-0.25, -0.2) is 0 Å². The van der Waals surface area contributed by atoms with Crippen molar-refractivity contribution in [1.29, 1.82) is 0 Å². The van der Waals surface area contributed by atoms with Gasteiger partial charge in [0.15, 0.2) is 5.69 Å². The second-order valence-electron chi connectivity index (χ2n) is 7.91. The minimum absolute atomic E-state index is 0.0807. The first kappa shape index (κ1) is 16.9. The number of carbonyl (C=O) groups excluding carboxylic acids is 2. The van der Waals surface area contributed by atoms with E-state index in [0.717, 1.165) is 32.4 Å². The molecule has 0 radical (unpaired) electrons. The molecule has 3 aliphatic rings. The number of rotatable bonds is 3. The van der Waals surface area contributed by atoms with E-state index in [1.807, 2.05) is 0 Å². The van der Waals surface area contributed by atoms with Crippen LogP contribution in [0, 0.1) is 11.3 Å². The molecule has 1 saturated carbocycles. The molecule has 1 spiro atoms. The zero-order valence-corrected chi connectivity index (χ0v) is 15.5. The van der Waals surface area contributed by atoms with Crippen molar-refractivity contribution < 1.29 is 9.59 Å². The molecule has 2 saturated heterocycles. The molecule has 1 aromatic rings. The van der Waals surface area contributed by atoms with Gasteiger partial charge >= 0.3 is 0 Å². The van der Waals surface area contributed by atoms with E-state index in [1.54, 1.807) is 10.3 Å². The summed E-state index contributed by atoms with van der Waals surface area (Å²) in [5, 5.41) is 5.57. The molecule has 0 aromatic carbocycles. The van der Waals surface area contributed by atoms with Gasteiger partial charge in [0.1, 0.15) is 0 Å². The highest BCUT2D eigenvalue weighted by Crippen LogP contribution is 2.41. The van der Waals surface area contributed by atoms with Crippen LogP contribution in [0.1, 0.15) is 61.9 Å². The number of hydrogen-bond donors (Lipinski definition) is 0. The number of likely N-dealkylation sites (tertiary alicyclic amines) is 2. The van der Waals surface area contributed by atoms with Crippen molar-refractivity contribution in [2.24, 2.45) is 11.3 Å². The molecule has 25 heavy (non-hydrogen) atoms. The van der Waals surface area contributed by atoms with Crippen molar-refractivity contribution in [2.75, 3.05) is 26.2 Å². The van der Waals surface area contributed by atoms with Crippen LogP contribution in [0.3, 0.4) is 0 Å². The van der Waals surface area contributed by atoms with Gasteiger partial charge in [0.25, 0.3) is 5.91 Å². The quantitative estimate of drug-likeness (QED) is 0.829. The first-order chi connectivity index (χ1) is 12.2. The lowest BCUT2D eigenvalue weighted by molar-refractivity contribution is -0.146. The zero-order chi connectivity index (χ0) is 17.3. The van der Waals surface area contributed by atoms with E-state index >= 15 is 0 Å². The Labute approximate surface area is 152 Å². The molecule has 3 fully saturated rings. The van der Waals surface area contributed by atoms with Crippen LogP contribution in [0.25, 0.3) is 0 Å². The summed E-state index contributed by atoms with van der Waals surface area (Å²) in [6, 6.07) is 0. The van der Waals surface area contributed by atoms with Crippen LogP contribution in [-0.4, -0.2) is 57.4 Å². The molecule has 2 amide bonds. The van der Waals surface area contributed by atoms with E-state index in [4.69, 9.17) is 0 Å². The van der Waals surface area contributed by atoms with E-state index in [1.165, 1.54) is 43.6 Å². The Morgan fingerprint density at radius 3 is 2.80 bits per heavy atom. The van der Waals surface area contributed by atoms with Crippen LogP contribution in [0.2, 0.25) is 0 Å². The van der Waals surface area contributed by atoms with Gasteiger partial charge in [-0.05, 0) is 49.6 Å². The number of nitrogens with zero attached hydrogens (tertiary/aromatic N) is 4. The van der Waals surface area contributed by atoms with Gasteiger partial charge in [-0.15, -0.1) is 5.10 Å². The summed E-state index contributed by atoms with van der Waals surface area (Å²) in [7, 11) is 0. The van der Waals surface area contributed by atoms with Crippen molar-refractivity contribution in [2.45, 2.75) is 51.4 Å². The Bertz CT molecular complexity index is 629. The second-order valence-corrected chi connectivity index (χ2v) is 8.52. The Kier molecular flexibility index (Phi) is 4.75. The molecule has 0 bridgehead atoms. The summed E-state index contributed by atoms with van der Waals surface area (Å²) >= 11 is 1.19. The molecule has 1 aliphatic carbocycles. The largest absolute Gasteiger partial charge is 0.342 e. The van der Waals surface area contributed by atoms with Gasteiger partial charge in [-0.1, -0.05) is 23.8 Å². The zero-order valence-electron chi connectivity index (χ0n) is 14.7. The Morgan fingerprint density at radius 2 is 2.04 bits per heavy atom. The highest BCUT2D eigenvalue weighted by molar-refractivity contribution is 7.03. The van der Waals surface area contributed by atoms with Crippen molar-refractivity contribution in [3.05, 3.63) is 11.1 Å². The second kappa shape index (κ2) is 7.02. The number of carbonyl (C=O) groups is 2. The van der Waals surface area contributed by atoms with Crippen LogP contribution in [0.15, 0.2) is 5.38 Å². The van der Waals surface area contributed by atoms with E-state index in [0.29, 0.717) is 24.7 Å². The summed E-state index contributed by atoms with van der Waals surface area (Å²) in [4.78, 5) is 29.7. The number of aromatic nitrogens is 2. The molecule has 7 heteroatoms. The summed E-state index contributed by atoms with van der Waals surface area (Å²) < 4.78 is 3.78. The standard InChI is InChI=1S/C18H26N4O2S/c23-16(15-12-25-20-19-15)22-10-8-18(13-22)7-4-9-21(17(18)24)11-14-5-2-1-3-6-14/h12,14H,1-11,13H2/t18-/m0/s1. The monoisotopic (exact) mass is 362 g/mol. The molecule has 3 heterocycles. The summed E-state index contributed by atoms with van der Waals surface area (Å²) in [6.45, 7) is 3.01. The van der Waals surface area contributed by atoms with Gasteiger partial charge in [-0.3, -0.25) is 9.59 Å². The predicted octanol–water partition coefficient (Wildman–Crippen LogP) is 2.57. The highest BCUT2D eigenvalue weighted by Gasteiger charge is 2.49. The average molecular weight is 362 g/mol. The number of piperidine rings is 1. The molecule has 136 valence electrons. The van der Waals surface area contributed by atoms with Crippen molar-refractivity contribution in [1.82, 2.24) is 19.4 Å². The molecule has 4 rings (SSSR count). The van der Waals surface area contributed by atoms with E-state index in [-0.39, 0.29) is 17.2 Å². The Balaban J connectivity index is 1.42. The lowest BCUT2D eigenvalue weighted by Crippen LogP contribution is -2.51. The molecule has 2 aliphatic heterocycles. The fourth-order valence-electron chi connectivity index (χ4n) is 4.85. The minimum Gasteiger partial charge on any atom is -0.342 e. The Morgan fingerprint density at radius 1 is 1.20 bits per heavy atom. The summed E-state index contributed by atoms with van der Waals surface area (Å²) in [5.41, 5.74) is 0.0517. The van der Waals surface area contributed by atoms with Crippen LogP contribution in [0.5, 0.6) is 0 Å². The topological polar surface area (TPSA) is 66.4 Å².